The van der Waals surface area contributed by atoms with Crippen LogP contribution in [0.3, 0.4) is 0 Å². The zero-order valence-corrected chi connectivity index (χ0v) is 22.2. The molecular weight excluding hydrogens is 511 g/mol. The van der Waals surface area contributed by atoms with Gasteiger partial charge in [-0.15, -0.1) is 0 Å². The van der Waals surface area contributed by atoms with E-state index in [9.17, 15) is 0 Å². The molecule has 0 spiro atoms. The monoisotopic (exact) mass is 541 g/mol. The van der Waals surface area contributed by atoms with Gasteiger partial charge in [0.15, 0.2) is 17.2 Å². The highest BCUT2D eigenvalue weighted by Gasteiger charge is 2.23. The lowest BCUT2D eigenvalue weighted by Crippen LogP contribution is -2.47. The van der Waals surface area contributed by atoms with Gasteiger partial charge in [-0.1, -0.05) is 50.3 Å². The Morgan fingerprint density at radius 1 is 0.842 bits per heavy atom. The molecule has 3 aromatic carbocycles. The first-order valence-corrected chi connectivity index (χ1v) is 13.6. The Morgan fingerprint density at radius 2 is 1.61 bits per heavy atom. The summed E-state index contributed by atoms with van der Waals surface area (Å²) in [6.07, 6.45) is 6.19. The minimum absolute atomic E-state index is 0.00626. The van der Waals surface area contributed by atoms with Crippen molar-refractivity contribution in [3.8, 4) is 22.6 Å². The van der Waals surface area contributed by atoms with Gasteiger partial charge in [-0.25, -0.2) is 18.2 Å². The van der Waals surface area contributed by atoms with E-state index in [2.05, 4.69) is 16.8 Å². The number of hydrogen-bond acceptors (Lipinski definition) is 4. The summed E-state index contributed by atoms with van der Waals surface area (Å²) in [7, 11) is 0. The van der Waals surface area contributed by atoms with Crippen molar-refractivity contribution in [2.45, 2.75) is 39.0 Å². The third kappa shape index (κ3) is 5.69. The minimum Gasteiger partial charge on any atom is -0.436 e. The molecule has 0 radical (unpaired) electrons. The molecule has 4 aromatic rings. The maximum Gasteiger partial charge on any atom is 0.230 e. The van der Waals surface area contributed by atoms with E-state index in [-0.39, 0.29) is 28.3 Å². The quantitative estimate of drug-likeness (QED) is 0.199. The Kier molecular flexibility index (Phi) is 8.24. The zero-order chi connectivity index (χ0) is 26.6. The third-order valence-corrected chi connectivity index (χ3v) is 7.45. The van der Waals surface area contributed by atoms with Crippen LogP contribution in [0.15, 0.2) is 52.9 Å². The second-order valence-electron chi connectivity index (χ2n) is 9.83. The molecule has 1 saturated heterocycles. The molecule has 0 saturated carbocycles. The summed E-state index contributed by atoms with van der Waals surface area (Å²) in [4.78, 5) is 8.58. The topological polar surface area (TPSA) is 32.5 Å². The van der Waals surface area contributed by atoms with Crippen molar-refractivity contribution in [2.24, 2.45) is 0 Å². The summed E-state index contributed by atoms with van der Waals surface area (Å²) < 4.78 is 51.1. The van der Waals surface area contributed by atoms with Gasteiger partial charge in [-0.05, 0) is 61.0 Å². The van der Waals surface area contributed by atoms with Crippen molar-refractivity contribution >= 4 is 28.4 Å². The van der Waals surface area contributed by atoms with Crippen LogP contribution in [-0.2, 0) is 0 Å². The molecule has 0 aliphatic carbocycles. The molecule has 0 atom stereocenters. The number of piperazine rings is 1. The summed E-state index contributed by atoms with van der Waals surface area (Å²) >= 11 is 5.99. The molecule has 200 valence electrons. The Labute approximate surface area is 226 Å². The molecule has 1 aromatic heterocycles. The number of anilines is 1. The fourth-order valence-corrected chi connectivity index (χ4v) is 5.20. The number of aromatic nitrogens is 1. The van der Waals surface area contributed by atoms with Crippen LogP contribution in [0.5, 0.6) is 0 Å². The molecule has 4 nitrogen and oxygen atoms in total. The smallest absolute Gasteiger partial charge is 0.230 e. The summed E-state index contributed by atoms with van der Waals surface area (Å²) in [5, 5.41) is 0.494. The standard InChI is InChI=1S/C30H31ClF3N3O/c1-2-3-4-5-6-13-36-14-16-37(17-15-36)26-11-10-22(28(33)29(26)34)20-7-9-23(24(32)18-20)30-35-25-19-21(31)8-12-27(25)38-30/h7-12,18-19H,2-6,13-17H2,1H3. The van der Waals surface area contributed by atoms with Crippen molar-refractivity contribution in [1.82, 2.24) is 9.88 Å². The van der Waals surface area contributed by atoms with Crippen molar-refractivity contribution in [3.05, 3.63) is 71.0 Å². The van der Waals surface area contributed by atoms with Gasteiger partial charge in [0.05, 0.1) is 11.3 Å². The van der Waals surface area contributed by atoms with Gasteiger partial charge in [0.2, 0.25) is 5.89 Å². The maximum absolute atomic E-state index is 15.2. The number of nitrogens with zero attached hydrogens (tertiary/aromatic N) is 3. The van der Waals surface area contributed by atoms with Gasteiger partial charge < -0.3 is 9.32 Å². The molecule has 1 fully saturated rings. The summed E-state index contributed by atoms with van der Waals surface area (Å²) in [5.41, 5.74) is 1.60. The second-order valence-corrected chi connectivity index (χ2v) is 10.3. The normalized spacial score (nSPS) is 14.5. The van der Waals surface area contributed by atoms with E-state index in [0.29, 0.717) is 29.2 Å². The Balaban J connectivity index is 1.28. The van der Waals surface area contributed by atoms with E-state index in [4.69, 9.17) is 16.0 Å². The molecule has 0 amide bonds. The van der Waals surface area contributed by atoms with Gasteiger partial charge in [-0.3, -0.25) is 4.90 Å². The lowest BCUT2D eigenvalue weighted by molar-refractivity contribution is 0.251. The van der Waals surface area contributed by atoms with Crippen LogP contribution in [0.4, 0.5) is 18.9 Å². The largest absolute Gasteiger partial charge is 0.436 e. The van der Waals surface area contributed by atoms with E-state index >= 15 is 13.2 Å². The zero-order valence-electron chi connectivity index (χ0n) is 21.5. The maximum atomic E-state index is 15.2. The summed E-state index contributed by atoms with van der Waals surface area (Å²) in [6.45, 7) is 6.19. The fraction of sp³-hybridized carbons (Fsp3) is 0.367. The molecule has 1 aliphatic heterocycles. The fourth-order valence-electron chi connectivity index (χ4n) is 5.03. The van der Waals surface area contributed by atoms with Crippen LogP contribution in [-0.4, -0.2) is 42.6 Å². The van der Waals surface area contributed by atoms with Crippen molar-refractivity contribution in [1.29, 1.82) is 0 Å². The molecule has 1 aliphatic rings. The average Bonchev–Trinajstić information content (AvgIpc) is 3.33. The lowest BCUT2D eigenvalue weighted by Gasteiger charge is -2.36. The number of benzene rings is 3. The van der Waals surface area contributed by atoms with Gasteiger partial charge in [0.1, 0.15) is 11.3 Å². The van der Waals surface area contributed by atoms with Gasteiger partial charge in [0, 0.05) is 36.8 Å². The Hall–Kier alpha value is -3.03. The van der Waals surface area contributed by atoms with Crippen molar-refractivity contribution in [2.75, 3.05) is 37.6 Å². The number of halogens is 4. The molecule has 0 N–H and O–H groups in total. The van der Waals surface area contributed by atoms with Crippen LogP contribution in [0.1, 0.15) is 39.0 Å². The van der Waals surface area contributed by atoms with Crippen LogP contribution >= 0.6 is 11.6 Å². The summed E-state index contributed by atoms with van der Waals surface area (Å²) in [6, 6.07) is 12.2. The van der Waals surface area contributed by atoms with Crippen LogP contribution in [0.25, 0.3) is 33.7 Å². The molecule has 0 unspecified atom stereocenters. The van der Waals surface area contributed by atoms with Crippen molar-refractivity contribution in [3.63, 3.8) is 0 Å². The van der Waals surface area contributed by atoms with E-state index in [0.717, 1.165) is 19.6 Å². The number of unbranched alkanes of at least 4 members (excludes halogenated alkanes) is 4. The summed E-state index contributed by atoms with van der Waals surface area (Å²) in [5.74, 6) is -2.44. The number of fused-ring (bicyclic) bond motifs is 1. The van der Waals surface area contributed by atoms with Crippen molar-refractivity contribution < 1.29 is 17.6 Å². The molecule has 2 heterocycles. The van der Waals surface area contributed by atoms with E-state index < -0.39 is 17.5 Å². The van der Waals surface area contributed by atoms with Gasteiger partial charge in [0.25, 0.3) is 0 Å². The number of oxazole rings is 1. The highest BCUT2D eigenvalue weighted by atomic mass is 35.5. The first-order chi connectivity index (χ1) is 18.4. The molecule has 0 bridgehead atoms. The van der Waals surface area contributed by atoms with Crippen LogP contribution in [0.2, 0.25) is 5.02 Å². The third-order valence-electron chi connectivity index (χ3n) is 7.21. The molecule has 38 heavy (non-hydrogen) atoms. The van der Waals surface area contributed by atoms with Crippen LogP contribution < -0.4 is 4.90 Å². The predicted molar refractivity (Wildman–Crippen MR) is 147 cm³/mol. The van der Waals surface area contributed by atoms with Crippen LogP contribution in [0, 0.1) is 17.5 Å². The van der Waals surface area contributed by atoms with Gasteiger partial charge in [-0.2, -0.15) is 0 Å². The highest BCUT2D eigenvalue weighted by molar-refractivity contribution is 6.31. The number of rotatable bonds is 9. The average molecular weight is 542 g/mol. The van der Waals surface area contributed by atoms with E-state index in [1.807, 2.05) is 4.90 Å². The molecule has 5 rings (SSSR count). The minimum atomic E-state index is -0.982. The molecular formula is C30H31ClF3N3O. The van der Waals surface area contributed by atoms with E-state index in [1.165, 1.54) is 56.4 Å². The Bertz CT molecular complexity index is 1420. The lowest BCUT2D eigenvalue weighted by atomic mass is 10.0. The second kappa shape index (κ2) is 11.8. The Morgan fingerprint density at radius 3 is 2.37 bits per heavy atom. The number of hydrogen-bond donors (Lipinski definition) is 0. The predicted octanol–water partition coefficient (Wildman–Crippen LogP) is 8.32. The first-order valence-electron chi connectivity index (χ1n) is 13.3. The molecule has 8 heteroatoms. The van der Waals surface area contributed by atoms with E-state index in [1.54, 1.807) is 24.3 Å². The SMILES string of the molecule is CCCCCCCN1CCN(c2ccc(-c3ccc(-c4nc5cc(Cl)ccc5o4)c(F)c3)c(F)c2F)CC1. The highest BCUT2D eigenvalue weighted by Crippen LogP contribution is 2.34. The first kappa shape index (κ1) is 26.6. The van der Waals surface area contributed by atoms with Gasteiger partial charge >= 0.3 is 0 Å².